The van der Waals surface area contributed by atoms with Crippen LogP contribution in [0, 0.1) is 11.8 Å². The number of aromatic nitrogens is 2. The summed E-state index contributed by atoms with van der Waals surface area (Å²) in [6, 6.07) is 1.85. The summed E-state index contributed by atoms with van der Waals surface area (Å²) in [6.45, 7) is 4.50. The fraction of sp³-hybridized carbons (Fsp3) is 0.588. The molecule has 0 spiro atoms. The van der Waals surface area contributed by atoms with Gasteiger partial charge in [0.05, 0.1) is 11.4 Å². The van der Waals surface area contributed by atoms with E-state index in [-0.39, 0.29) is 11.5 Å². The lowest BCUT2D eigenvalue weighted by molar-refractivity contribution is -0.119. The second-order valence-electron chi connectivity index (χ2n) is 6.58. The van der Waals surface area contributed by atoms with Crippen LogP contribution in [0.15, 0.2) is 22.4 Å². The molecular weight excluding hydrogens is 342 g/mol. The normalized spacial score (nSPS) is 24.2. The average molecular weight is 366 g/mol. The number of hydrogen-bond acceptors (Lipinski definition) is 5. The van der Waals surface area contributed by atoms with Crippen molar-refractivity contribution in [3.63, 3.8) is 0 Å². The number of thioether (sulfide) groups is 1. The van der Waals surface area contributed by atoms with E-state index in [2.05, 4.69) is 24.1 Å². The Bertz CT molecular complexity index is 771. The average Bonchev–Trinajstić information content (AvgIpc) is 3.01. The molecule has 3 rings (SSSR count). The lowest BCUT2D eigenvalue weighted by Gasteiger charge is -2.34. The Kier molecular flexibility index (Phi) is 5.61. The van der Waals surface area contributed by atoms with Crippen molar-refractivity contribution >= 4 is 34.0 Å². The van der Waals surface area contributed by atoms with Gasteiger partial charge in [-0.2, -0.15) is 0 Å². The monoisotopic (exact) mass is 365 g/mol. The predicted molar refractivity (Wildman–Crippen MR) is 99.6 cm³/mol. The minimum atomic E-state index is -0.0636. The summed E-state index contributed by atoms with van der Waals surface area (Å²) in [4.78, 5) is 29.3. The zero-order valence-electron chi connectivity index (χ0n) is 14.0. The summed E-state index contributed by atoms with van der Waals surface area (Å²) >= 11 is 2.95. The van der Waals surface area contributed by atoms with E-state index in [1.807, 2.05) is 5.38 Å². The maximum Gasteiger partial charge on any atom is 0.258 e. The van der Waals surface area contributed by atoms with Gasteiger partial charge in [0, 0.05) is 29.4 Å². The van der Waals surface area contributed by atoms with Gasteiger partial charge < -0.3 is 5.32 Å². The molecule has 5 nitrogen and oxygen atoms in total. The first-order valence-electron chi connectivity index (χ1n) is 8.37. The molecule has 3 unspecified atom stereocenters. The number of carbonyl (C=O) groups excluding carboxylic acids is 1. The van der Waals surface area contributed by atoms with Gasteiger partial charge in [-0.3, -0.25) is 14.0 Å². The zero-order valence-corrected chi connectivity index (χ0v) is 15.7. The van der Waals surface area contributed by atoms with Crippen LogP contribution >= 0.6 is 23.1 Å². The van der Waals surface area contributed by atoms with Crippen molar-refractivity contribution in [3.8, 4) is 0 Å². The molecule has 24 heavy (non-hydrogen) atoms. The summed E-state index contributed by atoms with van der Waals surface area (Å²) in [5.41, 5.74) is 0.672. The number of carbonyl (C=O) groups is 1. The van der Waals surface area contributed by atoms with Crippen molar-refractivity contribution in [2.24, 2.45) is 11.8 Å². The minimum Gasteiger partial charge on any atom is -0.352 e. The van der Waals surface area contributed by atoms with E-state index < -0.39 is 0 Å². The Morgan fingerprint density at radius 1 is 1.46 bits per heavy atom. The summed E-state index contributed by atoms with van der Waals surface area (Å²) in [6.07, 6.45) is 5.26. The first-order valence-corrected chi connectivity index (χ1v) is 10.4. The summed E-state index contributed by atoms with van der Waals surface area (Å²) in [5.74, 6) is 2.28. The Balaban J connectivity index is 1.50. The Hall–Kier alpha value is -1.34. The quantitative estimate of drug-likeness (QED) is 0.885. The third kappa shape index (κ3) is 4.00. The van der Waals surface area contributed by atoms with Crippen molar-refractivity contribution < 1.29 is 4.79 Å². The van der Waals surface area contributed by atoms with Gasteiger partial charge in [-0.15, -0.1) is 23.1 Å². The van der Waals surface area contributed by atoms with Crippen LogP contribution in [0.4, 0.5) is 0 Å². The van der Waals surface area contributed by atoms with Crippen molar-refractivity contribution in [1.82, 2.24) is 14.7 Å². The fourth-order valence-electron chi connectivity index (χ4n) is 3.24. The van der Waals surface area contributed by atoms with Crippen LogP contribution in [-0.2, 0) is 10.5 Å². The molecule has 0 bridgehead atoms. The molecule has 1 aliphatic carbocycles. The van der Waals surface area contributed by atoms with Gasteiger partial charge in [-0.05, 0) is 18.3 Å². The van der Waals surface area contributed by atoms with Crippen molar-refractivity contribution in [2.75, 3.05) is 5.75 Å². The third-order valence-electron chi connectivity index (χ3n) is 4.89. The summed E-state index contributed by atoms with van der Waals surface area (Å²) in [5, 5.41) is 5.03. The van der Waals surface area contributed by atoms with Gasteiger partial charge in [-0.1, -0.05) is 26.7 Å². The van der Waals surface area contributed by atoms with E-state index in [0.29, 0.717) is 34.3 Å². The first-order chi connectivity index (χ1) is 11.5. The number of hydrogen-bond donors (Lipinski definition) is 1. The molecular formula is C17H23N3O2S2. The van der Waals surface area contributed by atoms with Crippen LogP contribution in [0.1, 0.15) is 38.8 Å². The van der Waals surface area contributed by atoms with Gasteiger partial charge in [0.1, 0.15) is 0 Å². The molecule has 2 heterocycles. The molecule has 2 aromatic rings. The largest absolute Gasteiger partial charge is 0.352 e. The van der Waals surface area contributed by atoms with Gasteiger partial charge >= 0.3 is 0 Å². The molecule has 1 amide bonds. The van der Waals surface area contributed by atoms with Crippen molar-refractivity contribution in [1.29, 1.82) is 0 Å². The standard InChI is InChI=1S/C17H23N3O2S2/c1-11-4-3-5-14(12(11)2)19-15(21)10-23-9-13-8-16(22)20-6-7-24-17(20)18-13/h6-8,11-12,14H,3-5,9-10H2,1-2H3,(H,19,21). The van der Waals surface area contributed by atoms with Gasteiger partial charge in [0.15, 0.2) is 4.96 Å². The number of rotatable bonds is 5. The maximum absolute atomic E-state index is 12.2. The molecule has 1 fully saturated rings. The van der Waals surface area contributed by atoms with Crippen LogP contribution < -0.4 is 10.9 Å². The van der Waals surface area contributed by atoms with E-state index in [9.17, 15) is 9.59 Å². The highest BCUT2D eigenvalue weighted by atomic mass is 32.2. The Labute approximate surface area is 149 Å². The highest BCUT2D eigenvalue weighted by molar-refractivity contribution is 7.99. The van der Waals surface area contributed by atoms with E-state index in [4.69, 9.17) is 0 Å². The summed E-state index contributed by atoms with van der Waals surface area (Å²) < 4.78 is 1.54. The molecule has 3 atom stereocenters. The van der Waals surface area contributed by atoms with Crippen LogP contribution in [0.5, 0.6) is 0 Å². The number of fused-ring (bicyclic) bond motifs is 1. The second-order valence-corrected chi connectivity index (χ2v) is 8.43. The topological polar surface area (TPSA) is 63.5 Å². The zero-order chi connectivity index (χ0) is 17.1. The first kappa shape index (κ1) is 17.5. The van der Waals surface area contributed by atoms with Gasteiger partial charge in [0.2, 0.25) is 5.91 Å². The minimum absolute atomic E-state index is 0.0636. The molecule has 0 radical (unpaired) electrons. The molecule has 0 saturated heterocycles. The van der Waals surface area contributed by atoms with Crippen molar-refractivity contribution in [2.45, 2.75) is 44.9 Å². The van der Waals surface area contributed by atoms with E-state index in [0.717, 1.165) is 12.1 Å². The highest BCUT2D eigenvalue weighted by Gasteiger charge is 2.27. The number of nitrogens with zero attached hydrogens (tertiary/aromatic N) is 2. The number of thiazole rings is 1. The van der Waals surface area contributed by atoms with Gasteiger partial charge in [0.25, 0.3) is 5.56 Å². The van der Waals surface area contributed by atoms with Gasteiger partial charge in [-0.25, -0.2) is 4.98 Å². The smallest absolute Gasteiger partial charge is 0.258 e. The number of amides is 1. The van der Waals surface area contributed by atoms with E-state index in [1.54, 1.807) is 12.3 Å². The maximum atomic E-state index is 12.2. The second kappa shape index (κ2) is 7.70. The Morgan fingerprint density at radius 2 is 2.29 bits per heavy atom. The van der Waals surface area contributed by atoms with E-state index >= 15 is 0 Å². The molecule has 1 aliphatic rings. The molecule has 130 valence electrons. The third-order valence-corrected chi connectivity index (χ3v) is 6.62. The molecule has 0 aliphatic heterocycles. The fourth-order valence-corrected chi connectivity index (χ4v) is 4.71. The van der Waals surface area contributed by atoms with E-state index in [1.165, 1.54) is 40.3 Å². The van der Waals surface area contributed by atoms with Crippen LogP contribution in [0.2, 0.25) is 0 Å². The molecule has 0 aromatic carbocycles. The van der Waals surface area contributed by atoms with Crippen molar-refractivity contribution in [3.05, 3.63) is 33.7 Å². The molecule has 2 aromatic heterocycles. The molecule has 7 heteroatoms. The SMILES string of the molecule is CC1CCCC(NC(=O)CSCc2cc(=O)n3ccsc3n2)C1C. The van der Waals surface area contributed by atoms with Crippen LogP contribution in [-0.4, -0.2) is 27.1 Å². The lowest BCUT2D eigenvalue weighted by Crippen LogP contribution is -2.44. The molecule has 1 N–H and O–H groups in total. The Morgan fingerprint density at radius 3 is 3.12 bits per heavy atom. The van der Waals surface area contributed by atoms with Crippen LogP contribution in [0.3, 0.4) is 0 Å². The lowest BCUT2D eigenvalue weighted by atomic mass is 9.78. The highest BCUT2D eigenvalue weighted by Crippen LogP contribution is 2.29. The summed E-state index contributed by atoms with van der Waals surface area (Å²) in [7, 11) is 0. The van der Waals surface area contributed by atoms with Crippen LogP contribution in [0.25, 0.3) is 4.96 Å². The molecule has 1 saturated carbocycles. The predicted octanol–water partition coefficient (Wildman–Crippen LogP) is 2.93. The number of nitrogens with one attached hydrogen (secondary N) is 1.